The zero-order valence-electron chi connectivity index (χ0n) is 15.5. The van der Waals surface area contributed by atoms with Crippen LogP contribution < -0.4 is 15.4 Å². The van der Waals surface area contributed by atoms with Crippen LogP contribution in [0, 0.1) is 6.92 Å². The lowest BCUT2D eigenvalue weighted by Crippen LogP contribution is -2.37. The number of hydrogen-bond acceptors (Lipinski definition) is 3. The molecule has 0 saturated carbocycles. The van der Waals surface area contributed by atoms with Crippen molar-refractivity contribution >= 4 is 29.9 Å². The van der Waals surface area contributed by atoms with Gasteiger partial charge in [-0.3, -0.25) is 5.10 Å². The summed E-state index contributed by atoms with van der Waals surface area (Å²) in [5, 5.41) is 13.3. The summed E-state index contributed by atoms with van der Waals surface area (Å²) in [5.41, 5.74) is 2.90. The highest BCUT2D eigenvalue weighted by Gasteiger charge is 2.09. The SMILES string of the molecule is CCNC(=NCc1ccccc1OC(F)F)NCCCc1cn[nH]c1C.I. The molecule has 0 aliphatic carbocycles. The van der Waals surface area contributed by atoms with Crippen LogP contribution in [-0.4, -0.2) is 35.9 Å². The Labute approximate surface area is 175 Å². The summed E-state index contributed by atoms with van der Waals surface area (Å²) in [6.45, 7) is 2.82. The maximum Gasteiger partial charge on any atom is 0.387 e. The fraction of sp³-hybridized carbons (Fsp3) is 0.444. The smallest absolute Gasteiger partial charge is 0.387 e. The Bertz CT molecular complexity index is 709. The van der Waals surface area contributed by atoms with E-state index >= 15 is 0 Å². The van der Waals surface area contributed by atoms with E-state index in [1.807, 2.05) is 20.0 Å². The second-order valence-corrected chi connectivity index (χ2v) is 5.73. The Kier molecular flexibility index (Phi) is 10.7. The predicted octanol–water partition coefficient (Wildman–Crippen LogP) is 3.63. The topological polar surface area (TPSA) is 74.3 Å². The van der Waals surface area contributed by atoms with Crippen LogP contribution in [0.2, 0.25) is 0 Å². The van der Waals surface area contributed by atoms with Gasteiger partial charge in [-0.1, -0.05) is 18.2 Å². The Balaban J connectivity index is 0.00000364. The standard InChI is InChI=1S/C18H25F2N5O.HI/c1-3-21-18(22-10-6-8-14-12-24-25-13(14)2)23-11-15-7-4-5-9-16(15)26-17(19)20;/h4-5,7,9,12,17H,3,6,8,10-11H2,1-2H3,(H,24,25)(H2,21,22,23);1H. The molecule has 0 atom stereocenters. The van der Waals surface area contributed by atoms with E-state index in [4.69, 9.17) is 0 Å². The van der Waals surface area contributed by atoms with E-state index in [9.17, 15) is 8.78 Å². The number of alkyl halides is 2. The summed E-state index contributed by atoms with van der Waals surface area (Å²) in [6, 6.07) is 6.68. The summed E-state index contributed by atoms with van der Waals surface area (Å²) in [6.07, 6.45) is 3.68. The van der Waals surface area contributed by atoms with Gasteiger partial charge in [0, 0.05) is 24.3 Å². The maximum atomic E-state index is 12.5. The molecule has 0 aliphatic heterocycles. The molecule has 0 aliphatic rings. The quantitative estimate of drug-likeness (QED) is 0.216. The Hall–Kier alpha value is -1.91. The third-order valence-electron chi connectivity index (χ3n) is 3.79. The normalized spacial score (nSPS) is 11.2. The summed E-state index contributed by atoms with van der Waals surface area (Å²) in [4.78, 5) is 4.45. The zero-order valence-corrected chi connectivity index (χ0v) is 17.8. The monoisotopic (exact) mass is 493 g/mol. The first-order chi connectivity index (χ1) is 12.6. The van der Waals surface area contributed by atoms with Gasteiger partial charge in [0.15, 0.2) is 5.96 Å². The second-order valence-electron chi connectivity index (χ2n) is 5.73. The van der Waals surface area contributed by atoms with Crippen molar-refractivity contribution in [1.29, 1.82) is 0 Å². The van der Waals surface area contributed by atoms with Gasteiger partial charge in [0.05, 0.1) is 12.7 Å². The van der Waals surface area contributed by atoms with E-state index in [1.54, 1.807) is 18.2 Å². The van der Waals surface area contributed by atoms with E-state index in [0.29, 0.717) is 18.1 Å². The van der Waals surface area contributed by atoms with E-state index in [1.165, 1.54) is 11.6 Å². The fourth-order valence-electron chi connectivity index (χ4n) is 2.46. The molecule has 0 saturated heterocycles. The van der Waals surface area contributed by atoms with E-state index < -0.39 is 6.61 Å². The van der Waals surface area contributed by atoms with Gasteiger partial charge in [-0.15, -0.1) is 24.0 Å². The summed E-state index contributed by atoms with van der Waals surface area (Å²) < 4.78 is 29.5. The van der Waals surface area contributed by atoms with E-state index in [0.717, 1.165) is 25.1 Å². The molecule has 150 valence electrons. The van der Waals surface area contributed by atoms with Crippen LogP contribution in [0.3, 0.4) is 0 Å². The van der Waals surface area contributed by atoms with Crippen molar-refractivity contribution < 1.29 is 13.5 Å². The number of ether oxygens (including phenoxy) is 1. The summed E-state index contributed by atoms with van der Waals surface area (Å²) >= 11 is 0. The number of nitrogens with one attached hydrogen (secondary N) is 3. The van der Waals surface area contributed by atoms with Gasteiger partial charge in [-0.2, -0.15) is 13.9 Å². The number of aromatic nitrogens is 2. The van der Waals surface area contributed by atoms with Gasteiger partial charge in [0.2, 0.25) is 0 Å². The van der Waals surface area contributed by atoms with Gasteiger partial charge in [-0.25, -0.2) is 4.99 Å². The van der Waals surface area contributed by atoms with Crippen molar-refractivity contribution in [3.05, 3.63) is 47.3 Å². The molecule has 1 aromatic heterocycles. The molecule has 2 aromatic rings. The molecule has 0 unspecified atom stereocenters. The van der Waals surface area contributed by atoms with Crippen LogP contribution in [0.25, 0.3) is 0 Å². The first-order valence-electron chi connectivity index (χ1n) is 8.64. The first-order valence-corrected chi connectivity index (χ1v) is 8.64. The van der Waals surface area contributed by atoms with Crippen molar-refractivity contribution in [2.75, 3.05) is 13.1 Å². The highest BCUT2D eigenvalue weighted by molar-refractivity contribution is 14.0. The van der Waals surface area contributed by atoms with E-state index in [2.05, 4.69) is 30.6 Å². The second kappa shape index (κ2) is 12.5. The molecule has 9 heteroatoms. The zero-order chi connectivity index (χ0) is 18.8. The minimum atomic E-state index is -2.85. The number of guanidine groups is 1. The van der Waals surface area contributed by atoms with Gasteiger partial charge in [0.1, 0.15) is 5.75 Å². The molecule has 1 heterocycles. The number of nitrogens with zero attached hydrogens (tertiary/aromatic N) is 2. The molecule has 0 bridgehead atoms. The number of aryl methyl sites for hydroxylation is 2. The average molecular weight is 493 g/mol. The molecule has 3 N–H and O–H groups in total. The van der Waals surface area contributed by atoms with Gasteiger partial charge < -0.3 is 15.4 Å². The highest BCUT2D eigenvalue weighted by atomic mass is 127. The third-order valence-corrected chi connectivity index (χ3v) is 3.79. The molecule has 0 radical (unpaired) electrons. The van der Waals surface area contributed by atoms with Crippen molar-refractivity contribution in [2.45, 2.75) is 39.8 Å². The summed E-state index contributed by atoms with van der Waals surface area (Å²) in [5.74, 6) is 0.792. The Morgan fingerprint density at radius 2 is 2.04 bits per heavy atom. The molecule has 2 rings (SSSR count). The Morgan fingerprint density at radius 1 is 1.26 bits per heavy atom. The molecular formula is C18H26F2IN5O. The average Bonchev–Trinajstić information content (AvgIpc) is 3.02. The van der Waals surface area contributed by atoms with E-state index in [-0.39, 0.29) is 36.3 Å². The number of benzene rings is 1. The van der Waals surface area contributed by atoms with Gasteiger partial charge >= 0.3 is 6.61 Å². The van der Waals surface area contributed by atoms with Crippen LogP contribution in [0.1, 0.15) is 30.2 Å². The van der Waals surface area contributed by atoms with Crippen LogP contribution in [-0.2, 0) is 13.0 Å². The Morgan fingerprint density at radius 3 is 2.70 bits per heavy atom. The number of halogens is 3. The summed E-state index contributed by atoms with van der Waals surface area (Å²) in [7, 11) is 0. The molecule has 0 amide bonds. The van der Waals surface area contributed by atoms with Crippen molar-refractivity contribution in [3.63, 3.8) is 0 Å². The fourth-order valence-corrected chi connectivity index (χ4v) is 2.46. The van der Waals surface area contributed by atoms with Gasteiger partial charge in [-0.05, 0) is 38.3 Å². The van der Waals surface area contributed by atoms with Crippen LogP contribution in [0.5, 0.6) is 5.75 Å². The first kappa shape index (κ1) is 23.1. The van der Waals surface area contributed by atoms with Crippen LogP contribution in [0.4, 0.5) is 8.78 Å². The lowest BCUT2D eigenvalue weighted by molar-refractivity contribution is -0.0504. The number of hydrogen-bond donors (Lipinski definition) is 3. The van der Waals surface area contributed by atoms with Crippen LogP contribution >= 0.6 is 24.0 Å². The number of aliphatic imine (C=N–C) groups is 1. The largest absolute Gasteiger partial charge is 0.434 e. The molecule has 27 heavy (non-hydrogen) atoms. The minimum Gasteiger partial charge on any atom is -0.434 e. The number of para-hydroxylation sites is 1. The maximum absolute atomic E-state index is 12.5. The number of rotatable bonds is 9. The van der Waals surface area contributed by atoms with Gasteiger partial charge in [0.25, 0.3) is 0 Å². The predicted molar refractivity (Wildman–Crippen MR) is 113 cm³/mol. The third kappa shape index (κ3) is 8.10. The van der Waals surface area contributed by atoms with Crippen molar-refractivity contribution in [2.24, 2.45) is 4.99 Å². The lowest BCUT2D eigenvalue weighted by atomic mass is 10.1. The highest BCUT2D eigenvalue weighted by Crippen LogP contribution is 2.20. The molecule has 0 spiro atoms. The molecular weight excluding hydrogens is 467 g/mol. The minimum absolute atomic E-state index is 0. The molecule has 0 fully saturated rings. The van der Waals surface area contributed by atoms with Crippen molar-refractivity contribution in [1.82, 2.24) is 20.8 Å². The van der Waals surface area contributed by atoms with Crippen molar-refractivity contribution in [3.8, 4) is 5.75 Å². The van der Waals surface area contributed by atoms with Crippen LogP contribution in [0.15, 0.2) is 35.5 Å². The number of aromatic amines is 1. The molecule has 1 aromatic carbocycles. The molecule has 6 nitrogen and oxygen atoms in total. The number of H-pyrrole nitrogens is 1. The lowest BCUT2D eigenvalue weighted by Gasteiger charge is -2.12.